The molecule has 1 aromatic carbocycles. The zero-order chi connectivity index (χ0) is 20.7. The number of piperidine rings is 1. The van der Waals surface area contributed by atoms with E-state index in [2.05, 4.69) is 9.88 Å². The summed E-state index contributed by atoms with van der Waals surface area (Å²) in [5, 5.41) is 15.7. The Morgan fingerprint density at radius 3 is 2.47 bits per heavy atom. The Hall–Kier alpha value is -2.93. The molecule has 30 heavy (non-hydrogen) atoms. The number of hydrogen-bond donors (Lipinski definition) is 1. The van der Waals surface area contributed by atoms with Gasteiger partial charge in [-0.2, -0.15) is 5.10 Å². The highest BCUT2D eigenvalue weighted by Crippen LogP contribution is 2.43. The number of carbonyl (C=O) groups is 1. The molecule has 0 unspecified atom stereocenters. The Bertz CT molecular complexity index is 1070. The molecule has 1 saturated heterocycles. The number of hydrogen-bond acceptors (Lipinski definition) is 5. The van der Waals surface area contributed by atoms with Crippen molar-refractivity contribution in [2.45, 2.75) is 44.1 Å². The number of ether oxygens (including phenoxy) is 1. The van der Waals surface area contributed by atoms with Crippen molar-refractivity contribution >= 4 is 22.7 Å². The maximum atomic E-state index is 11.9. The normalized spacial score (nSPS) is 18.0. The van der Waals surface area contributed by atoms with Crippen molar-refractivity contribution in [2.75, 3.05) is 25.1 Å². The average molecular weight is 406 g/mol. The Labute approximate surface area is 175 Å². The molecule has 3 aromatic rings. The molecule has 1 saturated carbocycles. The largest absolute Gasteiger partial charge is 0.477 e. The van der Waals surface area contributed by atoms with Gasteiger partial charge in [-0.15, -0.1) is 0 Å². The van der Waals surface area contributed by atoms with Gasteiger partial charge < -0.3 is 14.7 Å². The van der Waals surface area contributed by atoms with Gasteiger partial charge in [-0.1, -0.05) is 24.6 Å². The third-order valence-corrected chi connectivity index (χ3v) is 6.47. The molecule has 1 aliphatic carbocycles. The van der Waals surface area contributed by atoms with Crippen molar-refractivity contribution in [1.82, 2.24) is 14.8 Å². The number of pyridine rings is 1. The lowest BCUT2D eigenvalue weighted by atomic mass is 9.82. The molecule has 2 aromatic heterocycles. The Morgan fingerprint density at radius 2 is 1.87 bits per heavy atom. The minimum atomic E-state index is -1.02. The molecule has 0 bridgehead atoms. The predicted octanol–water partition coefficient (Wildman–Crippen LogP) is 4.00. The van der Waals surface area contributed by atoms with Crippen LogP contribution in [0.4, 0.5) is 5.69 Å². The van der Waals surface area contributed by atoms with Crippen LogP contribution in [-0.2, 0) is 4.74 Å². The first-order valence-electron chi connectivity index (χ1n) is 10.7. The van der Waals surface area contributed by atoms with E-state index in [1.54, 1.807) is 13.2 Å². The summed E-state index contributed by atoms with van der Waals surface area (Å²) in [5.74, 6) is -0.610. The van der Waals surface area contributed by atoms with E-state index in [0.717, 1.165) is 61.2 Å². The van der Waals surface area contributed by atoms with Crippen LogP contribution in [0.15, 0.2) is 36.4 Å². The number of benzene rings is 1. The van der Waals surface area contributed by atoms with Crippen LogP contribution < -0.4 is 4.90 Å². The average Bonchev–Trinajstić information content (AvgIpc) is 3.12. The fraction of sp³-hybridized carbons (Fsp3) is 0.435. The standard InChI is InChI=1S/C23H26N4O3/c1-30-17-10-12-26(13-11-17)19-14-18(23(28)29)24-22-20(19)21(15-6-5-7-15)25-27(22)16-8-3-2-4-9-16/h2-4,8-9,14-15,17H,5-7,10-13H2,1H3,(H,28,29). The lowest BCUT2D eigenvalue weighted by Gasteiger charge is -2.34. The summed E-state index contributed by atoms with van der Waals surface area (Å²) in [6, 6.07) is 11.6. The molecule has 5 rings (SSSR count). The second-order valence-corrected chi connectivity index (χ2v) is 8.21. The van der Waals surface area contributed by atoms with Crippen molar-refractivity contribution in [2.24, 2.45) is 0 Å². The lowest BCUT2D eigenvalue weighted by Crippen LogP contribution is -2.37. The van der Waals surface area contributed by atoms with E-state index in [0.29, 0.717) is 11.6 Å². The molecule has 156 valence electrons. The number of methoxy groups -OCH3 is 1. The smallest absolute Gasteiger partial charge is 0.354 e. The van der Waals surface area contributed by atoms with Gasteiger partial charge in [-0.25, -0.2) is 14.5 Å². The van der Waals surface area contributed by atoms with E-state index in [4.69, 9.17) is 9.84 Å². The molecule has 0 radical (unpaired) electrons. The van der Waals surface area contributed by atoms with Crippen LogP contribution in [0.2, 0.25) is 0 Å². The third kappa shape index (κ3) is 3.23. The lowest BCUT2D eigenvalue weighted by molar-refractivity contribution is 0.0690. The van der Waals surface area contributed by atoms with Crippen LogP contribution in [0.5, 0.6) is 0 Å². The first kappa shape index (κ1) is 19.1. The van der Waals surface area contributed by atoms with E-state index >= 15 is 0 Å². The third-order valence-electron chi connectivity index (χ3n) is 6.47. The van der Waals surface area contributed by atoms with Gasteiger partial charge in [0.25, 0.3) is 0 Å². The van der Waals surface area contributed by atoms with Crippen LogP contribution in [0.1, 0.15) is 54.2 Å². The van der Waals surface area contributed by atoms with Crippen LogP contribution in [0, 0.1) is 0 Å². The summed E-state index contributed by atoms with van der Waals surface area (Å²) in [6.45, 7) is 1.66. The summed E-state index contributed by atoms with van der Waals surface area (Å²) in [7, 11) is 1.76. The first-order chi connectivity index (χ1) is 14.7. The van der Waals surface area contributed by atoms with Crippen molar-refractivity contribution in [3.63, 3.8) is 0 Å². The molecule has 3 heterocycles. The highest BCUT2D eigenvalue weighted by Gasteiger charge is 2.31. The van der Waals surface area contributed by atoms with Gasteiger partial charge >= 0.3 is 5.97 Å². The Kier molecular flexibility index (Phi) is 4.90. The molecule has 0 spiro atoms. The van der Waals surface area contributed by atoms with Crippen LogP contribution in [-0.4, -0.2) is 52.1 Å². The van der Waals surface area contributed by atoms with E-state index in [9.17, 15) is 9.90 Å². The predicted molar refractivity (Wildman–Crippen MR) is 115 cm³/mol. The van der Waals surface area contributed by atoms with Crippen molar-refractivity contribution < 1.29 is 14.6 Å². The van der Waals surface area contributed by atoms with Crippen LogP contribution in [0.3, 0.4) is 0 Å². The first-order valence-corrected chi connectivity index (χ1v) is 10.7. The molecule has 1 aliphatic heterocycles. The summed E-state index contributed by atoms with van der Waals surface area (Å²) in [6.07, 6.45) is 5.55. The highest BCUT2D eigenvalue weighted by molar-refractivity contribution is 5.98. The highest BCUT2D eigenvalue weighted by atomic mass is 16.5. The van der Waals surface area contributed by atoms with Gasteiger partial charge in [0.05, 0.1) is 28.6 Å². The zero-order valence-electron chi connectivity index (χ0n) is 17.1. The summed E-state index contributed by atoms with van der Waals surface area (Å²) < 4.78 is 7.35. The van der Waals surface area contributed by atoms with E-state index in [-0.39, 0.29) is 11.8 Å². The minimum absolute atomic E-state index is 0.0589. The molecule has 0 amide bonds. The number of rotatable bonds is 5. The van der Waals surface area contributed by atoms with Crippen molar-refractivity contribution in [1.29, 1.82) is 0 Å². The summed E-state index contributed by atoms with van der Waals surface area (Å²) in [4.78, 5) is 18.7. The summed E-state index contributed by atoms with van der Waals surface area (Å²) >= 11 is 0. The number of para-hydroxylation sites is 1. The zero-order valence-corrected chi connectivity index (χ0v) is 17.1. The van der Waals surface area contributed by atoms with Gasteiger partial charge in [0, 0.05) is 26.1 Å². The van der Waals surface area contributed by atoms with Crippen molar-refractivity contribution in [3.05, 3.63) is 47.8 Å². The minimum Gasteiger partial charge on any atom is -0.477 e. The Balaban J connectivity index is 1.72. The van der Waals surface area contributed by atoms with Crippen LogP contribution in [0.25, 0.3) is 16.7 Å². The molecule has 1 N–H and O–H groups in total. The molecule has 2 fully saturated rings. The van der Waals surface area contributed by atoms with Crippen molar-refractivity contribution in [3.8, 4) is 5.69 Å². The second kappa shape index (κ2) is 7.72. The number of carboxylic acid groups (broad SMARTS) is 1. The molecule has 7 heteroatoms. The maximum Gasteiger partial charge on any atom is 0.354 e. The SMILES string of the molecule is COC1CCN(c2cc(C(=O)O)nc3c2c(C2CCC2)nn3-c2ccccc2)CC1. The van der Waals surface area contributed by atoms with E-state index < -0.39 is 5.97 Å². The fourth-order valence-electron chi connectivity index (χ4n) is 4.53. The monoisotopic (exact) mass is 406 g/mol. The molecular formula is C23H26N4O3. The van der Waals surface area contributed by atoms with Gasteiger partial charge in [0.1, 0.15) is 0 Å². The van der Waals surface area contributed by atoms with E-state index in [1.807, 2.05) is 35.0 Å². The Morgan fingerprint density at radius 1 is 1.13 bits per heavy atom. The van der Waals surface area contributed by atoms with Gasteiger partial charge in [0.2, 0.25) is 0 Å². The molecule has 7 nitrogen and oxygen atoms in total. The van der Waals surface area contributed by atoms with Gasteiger partial charge in [0.15, 0.2) is 11.3 Å². The number of fused-ring (bicyclic) bond motifs is 1. The van der Waals surface area contributed by atoms with Gasteiger partial charge in [-0.3, -0.25) is 0 Å². The van der Waals surface area contributed by atoms with E-state index in [1.165, 1.54) is 6.42 Å². The number of aromatic nitrogens is 3. The molecular weight excluding hydrogens is 380 g/mol. The number of carboxylic acids is 1. The van der Waals surface area contributed by atoms with Crippen LogP contribution >= 0.6 is 0 Å². The topological polar surface area (TPSA) is 80.5 Å². The molecule has 0 atom stereocenters. The number of aromatic carboxylic acids is 1. The second-order valence-electron chi connectivity index (χ2n) is 8.21. The summed E-state index contributed by atoms with van der Waals surface area (Å²) in [5.41, 5.74) is 3.58. The fourth-order valence-corrected chi connectivity index (χ4v) is 4.53. The molecule has 2 aliphatic rings. The number of anilines is 1. The maximum absolute atomic E-state index is 11.9. The quantitative estimate of drug-likeness (QED) is 0.690. The number of nitrogens with zero attached hydrogens (tertiary/aromatic N) is 4. The van der Waals surface area contributed by atoms with Gasteiger partial charge in [-0.05, 0) is 43.9 Å².